The Morgan fingerprint density at radius 1 is 1.09 bits per heavy atom. The lowest BCUT2D eigenvalue weighted by molar-refractivity contribution is -0.136. The number of nitrogens with two attached hydrogens (primary N) is 2. The molecule has 170 valence electrons. The van der Waals surface area contributed by atoms with Crippen LogP contribution >= 0.6 is 23.2 Å². The summed E-state index contributed by atoms with van der Waals surface area (Å²) in [6.45, 7) is 0.522. The predicted octanol–water partition coefficient (Wildman–Crippen LogP) is 3.34. The highest BCUT2D eigenvalue weighted by molar-refractivity contribution is 6.39. The molecule has 0 aromatic heterocycles. The van der Waals surface area contributed by atoms with Crippen molar-refractivity contribution in [1.82, 2.24) is 5.32 Å². The highest BCUT2D eigenvalue weighted by atomic mass is 35.5. The zero-order valence-corrected chi connectivity index (χ0v) is 18.7. The Morgan fingerprint density at radius 3 is 2.59 bits per heavy atom. The molecule has 0 fully saturated rings. The molecule has 0 radical (unpaired) electrons. The second-order valence-corrected chi connectivity index (χ2v) is 8.40. The number of anilines is 1. The van der Waals surface area contributed by atoms with Crippen LogP contribution in [0.5, 0.6) is 0 Å². The summed E-state index contributed by atoms with van der Waals surface area (Å²) in [5, 5.41) is 5.76. The normalized spacial score (nSPS) is 16.8. The van der Waals surface area contributed by atoms with Gasteiger partial charge in [0.2, 0.25) is 0 Å². The third-order valence-corrected chi connectivity index (χ3v) is 6.04. The molecule has 2 atom stereocenters. The number of benzene rings is 2. The van der Waals surface area contributed by atoms with E-state index in [2.05, 4.69) is 15.6 Å². The van der Waals surface area contributed by atoms with Crippen molar-refractivity contribution in [1.29, 1.82) is 0 Å². The van der Waals surface area contributed by atoms with Crippen LogP contribution in [-0.4, -0.2) is 30.4 Å². The minimum absolute atomic E-state index is 0.00682. The highest BCUT2D eigenvalue weighted by Crippen LogP contribution is 2.40. The number of carbonyl (C=O) groups excluding carboxylic acids is 2. The van der Waals surface area contributed by atoms with Gasteiger partial charge in [-0.05, 0) is 54.7 Å². The minimum atomic E-state index is -0.889. The van der Waals surface area contributed by atoms with Crippen LogP contribution in [0, 0.1) is 5.82 Å². The molecular formula is C22H24Cl2FN5O2. The van der Waals surface area contributed by atoms with Gasteiger partial charge < -0.3 is 22.1 Å². The zero-order valence-electron chi connectivity index (χ0n) is 17.2. The Balaban J connectivity index is 1.66. The first-order chi connectivity index (χ1) is 15.3. The number of nitrogens with one attached hydrogen (secondary N) is 2. The topological polar surface area (TPSA) is 123 Å². The lowest BCUT2D eigenvalue weighted by Crippen LogP contribution is -2.43. The molecule has 0 heterocycles. The second kappa shape index (κ2) is 10.7. The van der Waals surface area contributed by atoms with Gasteiger partial charge in [-0.2, -0.15) is 0 Å². The predicted molar refractivity (Wildman–Crippen MR) is 124 cm³/mol. The van der Waals surface area contributed by atoms with E-state index in [1.165, 1.54) is 12.1 Å². The smallest absolute Gasteiger partial charge is 0.313 e. The van der Waals surface area contributed by atoms with Crippen LogP contribution in [0.4, 0.5) is 10.1 Å². The van der Waals surface area contributed by atoms with Crippen LogP contribution in [-0.2, 0) is 16.0 Å². The van der Waals surface area contributed by atoms with Crippen LogP contribution in [0.3, 0.4) is 0 Å². The van der Waals surface area contributed by atoms with Gasteiger partial charge >= 0.3 is 11.8 Å². The van der Waals surface area contributed by atoms with Crippen molar-refractivity contribution in [2.24, 2.45) is 16.5 Å². The van der Waals surface area contributed by atoms with Crippen LogP contribution in [0.1, 0.15) is 36.3 Å². The van der Waals surface area contributed by atoms with Crippen molar-refractivity contribution in [2.75, 3.05) is 11.9 Å². The van der Waals surface area contributed by atoms with Crippen LogP contribution in [0.25, 0.3) is 0 Å². The van der Waals surface area contributed by atoms with E-state index in [-0.39, 0.29) is 28.6 Å². The summed E-state index contributed by atoms with van der Waals surface area (Å²) >= 11 is 12.0. The van der Waals surface area contributed by atoms with E-state index in [9.17, 15) is 14.0 Å². The Morgan fingerprint density at radius 2 is 1.88 bits per heavy atom. The Hall–Kier alpha value is -2.84. The standard InChI is InChI=1S/C22H24Cl2FN5O2/c23-16-6-3-5-13-14(4-1-2-9-28-22(26)27)19(11-15(13)16)30-21(32)20(31)29-12-7-8-17(24)18(25)10-12/h3,5-8,10,14,19H,1-2,4,9,11H2,(H,29,31)(H,30,32)(H4,26,27,28). The van der Waals surface area contributed by atoms with E-state index >= 15 is 0 Å². The van der Waals surface area contributed by atoms with Crippen LogP contribution in [0.2, 0.25) is 10.0 Å². The van der Waals surface area contributed by atoms with Crippen molar-refractivity contribution in [3.8, 4) is 0 Å². The summed E-state index contributed by atoms with van der Waals surface area (Å²) in [4.78, 5) is 28.9. The number of unbranched alkanes of at least 4 members (excludes halogenated alkanes) is 1. The van der Waals surface area contributed by atoms with Gasteiger partial charge in [0.05, 0.1) is 5.02 Å². The number of nitrogens with zero attached hydrogens (tertiary/aromatic N) is 1. The fourth-order valence-electron chi connectivity index (χ4n) is 3.91. The fourth-order valence-corrected chi connectivity index (χ4v) is 4.28. The van der Waals surface area contributed by atoms with E-state index in [1.54, 1.807) is 0 Å². The summed E-state index contributed by atoms with van der Waals surface area (Å²) in [7, 11) is 0. The summed E-state index contributed by atoms with van der Waals surface area (Å²) in [6, 6.07) is 9.15. The largest absolute Gasteiger partial charge is 0.370 e. The van der Waals surface area contributed by atoms with Gasteiger partial charge in [0.15, 0.2) is 5.96 Å². The van der Waals surface area contributed by atoms with Crippen molar-refractivity contribution < 1.29 is 14.0 Å². The Bertz CT molecular complexity index is 1040. The van der Waals surface area contributed by atoms with Crippen LogP contribution < -0.4 is 22.1 Å². The molecule has 3 rings (SSSR count). The summed E-state index contributed by atoms with van der Waals surface area (Å²) in [6.07, 6.45) is 2.90. The molecule has 10 heteroatoms. The van der Waals surface area contributed by atoms with E-state index in [0.29, 0.717) is 18.0 Å². The van der Waals surface area contributed by atoms with Gasteiger partial charge in [0, 0.05) is 29.2 Å². The zero-order chi connectivity index (χ0) is 23.3. The molecular weight excluding hydrogens is 456 g/mol. The SMILES string of the molecule is NC(N)=NCCCCC1c2cccc(Cl)c2CC1NC(=O)C(=O)Nc1ccc(Cl)c(F)c1. The maximum atomic E-state index is 13.6. The first-order valence-corrected chi connectivity index (χ1v) is 10.9. The fraction of sp³-hybridized carbons (Fsp3) is 0.318. The van der Waals surface area contributed by atoms with Gasteiger partial charge in [-0.1, -0.05) is 41.8 Å². The molecule has 2 unspecified atom stereocenters. The Labute approximate surface area is 195 Å². The molecule has 1 aliphatic carbocycles. The minimum Gasteiger partial charge on any atom is -0.370 e. The molecule has 1 aliphatic rings. The van der Waals surface area contributed by atoms with E-state index in [4.69, 9.17) is 34.7 Å². The highest BCUT2D eigenvalue weighted by Gasteiger charge is 2.35. The lowest BCUT2D eigenvalue weighted by atomic mass is 9.92. The molecule has 2 aromatic carbocycles. The Kier molecular flexibility index (Phi) is 7.93. The van der Waals surface area contributed by atoms with Gasteiger partial charge in [-0.25, -0.2) is 4.39 Å². The first kappa shape index (κ1) is 23.8. The molecule has 0 saturated heterocycles. The van der Waals surface area contributed by atoms with Crippen molar-refractivity contribution in [3.05, 3.63) is 63.4 Å². The second-order valence-electron chi connectivity index (χ2n) is 7.58. The number of fused-ring (bicyclic) bond motifs is 1. The number of carbonyl (C=O) groups is 2. The molecule has 2 amide bonds. The third-order valence-electron chi connectivity index (χ3n) is 5.38. The molecule has 0 spiro atoms. The van der Waals surface area contributed by atoms with Gasteiger partial charge in [0.1, 0.15) is 5.82 Å². The number of hydrogen-bond acceptors (Lipinski definition) is 3. The molecule has 6 N–H and O–H groups in total. The molecule has 7 nitrogen and oxygen atoms in total. The molecule has 0 bridgehead atoms. The molecule has 0 aliphatic heterocycles. The van der Waals surface area contributed by atoms with Crippen LogP contribution in [0.15, 0.2) is 41.4 Å². The molecule has 0 saturated carbocycles. The molecule has 32 heavy (non-hydrogen) atoms. The maximum absolute atomic E-state index is 13.6. The van der Waals surface area contributed by atoms with Crippen molar-refractivity contribution in [3.63, 3.8) is 0 Å². The monoisotopic (exact) mass is 479 g/mol. The number of guanidine groups is 1. The quantitative estimate of drug-likeness (QED) is 0.210. The summed E-state index contributed by atoms with van der Waals surface area (Å²) in [5.41, 5.74) is 12.9. The summed E-state index contributed by atoms with van der Waals surface area (Å²) in [5.74, 6) is -2.33. The number of hydrogen-bond donors (Lipinski definition) is 4. The lowest BCUT2D eigenvalue weighted by Gasteiger charge is -2.21. The summed E-state index contributed by atoms with van der Waals surface area (Å²) < 4.78 is 13.6. The third kappa shape index (κ3) is 5.89. The van der Waals surface area contributed by atoms with E-state index < -0.39 is 17.6 Å². The van der Waals surface area contributed by atoms with Gasteiger partial charge in [-0.15, -0.1) is 0 Å². The van der Waals surface area contributed by atoms with Gasteiger partial charge in [-0.3, -0.25) is 14.6 Å². The van der Waals surface area contributed by atoms with Gasteiger partial charge in [0.25, 0.3) is 0 Å². The average Bonchev–Trinajstić information content (AvgIpc) is 3.09. The number of rotatable bonds is 7. The number of halogens is 3. The number of amides is 2. The molecule has 2 aromatic rings. The number of aliphatic imine (C=N–C) groups is 1. The van der Waals surface area contributed by atoms with Crippen molar-refractivity contribution in [2.45, 2.75) is 37.6 Å². The average molecular weight is 480 g/mol. The maximum Gasteiger partial charge on any atom is 0.313 e. The van der Waals surface area contributed by atoms with E-state index in [0.717, 1.165) is 36.5 Å². The van der Waals surface area contributed by atoms with Crippen molar-refractivity contribution >= 4 is 46.7 Å². The first-order valence-electron chi connectivity index (χ1n) is 10.2. The van der Waals surface area contributed by atoms with E-state index in [1.807, 2.05) is 18.2 Å².